The predicted molar refractivity (Wildman–Crippen MR) is 106 cm³/mol. The second kappa shape index (κ2) is 9.02. The van der Waals surface area contributed by atoms with Gasteiger partial charge in [-0.3, -0.25) is 4.79 Å². The maximum absolute atomic E-state index is 14.3. The van der Waals surface area contributed by atoms with Crippen LogP contribution in [0.1, 0.15) is 32.0 Å². The molecule has 0 unspecified atom stereocenters. The van der Waals surface area contributed by atoms with Crippen molar-refractivity contribution >= 4 is 21.6 Å². The number of rotatable bonds is 7. The molecule has 1 aliphatic heterocycles. The molecule has 0 spiro atoms. The predicted octanol–water partition coefficient (Wildman–Crippen LogP) is 2.20. The van der Waals surface area contributed by atoms with E-state index in [-0.39, 0.29) is 50.2 Å². The third-order valence-electron chi connectivity index (χ3n) is 4.65. The summed E-state index contributed by atoms with van der Waals surface area (Å²) >= 11 is 0. The first kappa shape index (κ1) is 21.4. The molecule has 10 heteroatoms. The van der Waals surface area contributed by atoms with E-state index < -0.39 is 20.7 Å². The van der Waals surface area contributed by atoms with Gasteiger partial charge in [-0.1, -0.05) is 13.8 Å². The molecule has 2 aromatic rings. The lowest BCUT2D eigenvalue weighted by molar-refractivity contribution is -0.116. The molecule has 1 saturated heterocycles. The minimum absolute atomic E-state index is 0.168. The van der Waals surface area contributed by atoms with Crippen molar-refractivity contribution in [1.29, 1.82) is 0 Å². The Morgan fingerprint density at radius 1 is 1.31 bits per heavy atom. The number of aromatic nitrogens is 2. The number of carbonyl (C=O) groups excluding carboxylic acids is 1. The Balaban J connectivity index is 1.69. The van der Waals surface area contributed by atoms with E-state index in [0.717, 1.165) is 18.0 Å². The van der Waals surface area contributed by atoms with Gasteiger partial charge in [0.1, 0.15) is 16.5 Å². The van der Waals surface area contributed by atoms with Gasteiger partial charge in [0, 0.05) is 50.1 Å². The SMILES string of the molecule is CC(C)c1nccn1CCC(=O)Nc1ccc(F)c(S(=O)(=O)N2CCOCC2)c1. The van der Waals surface area contributed by atoms with Crippen LogP contribution in [-0.4, -0.2) is 54.5 Å². The summed E-state index contributed by atoms with van der Waals surface area (Å²) in [5, 5.41) is 2.65. The zero-order chi connectivity index (χ0) is 21.0. The van der Waals surface area contributed by atoms with E-state index in [1.54, 1.807) is 6.20 Å². The number of carbonyl (C=O) groups is 1. The Morgan fingerprint density at radius 3 is 2.72 bits per heavy atom. The molecule has 1 N–H and O–H groups in total. The van der Waals surface area contributed by atoms with Gasteiger partial charge in [-0.25, -0.2) is 17.8 Å². The molecule has 1 aliphatic rings. The Bertz CT molecular complexity index is 968. The van der Waals surface area contributed by atoms with Crippen molar-refractivity contribution in [3.63, 3.8) is 0 Å². The van der Waals surface area contributed by atoms with E-state index >= 15 is 0 Å². The molecule has 0 atom stereocenters. The number of hydrogen-bond donors (Lipinski definition) is 1. The molecule has 2 heterocycles. The number of halogens is 1. The molecular formula is C19H25FN4O4S. The van der Waals surface area contributed by atoms with Crippen LogP contribution in [0.5, 0.6) is 0 Å². The maximum atomic E-state index is 14.3. The second-order valence-electron chi connectivity index (χ2n) is 7.09. The summed E-state index contributed by atoms with van der Waals surface area (Å²) in [6, 6.07) is 3.56. The summed E-state index contributed by atoms with van der Waals surface area (Å²) in [4.78, 5) is 16.2. The van der Waals surface area contributed by atoms with E-state index in [4.69, 9.17) is 4.74 Å². The molecule has 1 aromatic heterocycles. The number of imidazole rings is 1. The summed E-state index contributed by atoms with van der Waals surface area (Å²) in [6.07, 6.45) is 3.68. The number of sulfonamides is 1. The summed E-state index contributed by atoms with van der Waals surface area (Å²) in [7, 11) is -4.00. The average molecular weight is 424 g/mol. The monoisotopic (exact) mass is 424 g/mol. The van der Waals surface area contributed by atoms with Crippen LogP contribution in [-0.2, 0) is 26.1 Å². The fourth-order valence-corrected chi connectivity index (χ4v) is 4.66. The zero-order valence-corrected chi connectivity index (χ0v) is 17.3. The lowest BCUT2D eigenvalue weighted by Gasteiger charge is -2.26. The van der Waals surface area contributed by atoms with Gasteiger partial charge in [0.25, 0.3) is 0 Å². The van der Waals surface area contributed by atoms with Crippen molar-refractivity contribution in [2.24, 2.45) is 0 Å². The highest BCUT2D eigenvalue weighted by atomic mass is 32.2. The molecule has 1 fully saturated rings. The first-order valence-electron chi connectivity index (χ1n) is 9.47. The first-order valence-corrected chi connectivity index (χ1v) is 10.9. The van der Waals surface area contributed by atoms with Crippen molar-refractivity contribution in [3.05, 3.63) is 42.2 Å². The van der Waals surface area contributed by atoms with Gasteiger partial charge in [0.05, 0.1) is 13.2 Å². The number of amides is 1. The van der Waals surface area contributed by atoms with Gasteiger partial charge in [-0.05, 0) is 18.2 Å². The quantitative estimate of drug-likeness (QED) is 0.735. The Hall–Kier alpha value is -2.30. The van der Waals surface area contributed by atoms with Gasteiger partial charge in [-0.2, -0.15) is 4.31 Å². The molecule has 3 rings (SSSR count). The summed E-state index contributed by atoms with van der Waals surface area (Å²) in [5.74, 6) is -0.0270. The molecule has 1 amide bonds. The van der Waals surface area contributed by atoms with Gasteiger partial charge >= 0.3 is 0 Å². The maximum Gasteiger partial charge on any atom is 0.246 e. The summed E-state index contributed by atoms with van der Waals surface area (Å²) in [5.41, 5.74) is 0.234. The van der Waals surface area contributed by atoms with Gasteiger partial charge < -0.3 is 14.6 Å². The van der Waals surface area contributed by atoms with Crippen molar-refractivity contribution in [2.45, 2.75) is 37.6 Å². The normalized spacial score (nSPS) is 15.6. The smallest absolute Gasteiger partial charge is 0.246 e. The van der Waals surface area contributed by atoms with E-state index in [0.29, 0.717) is 6.54 Å². The Labute approximate surface area is 169 Å². The van der Waals surface area contributed by atoms with Crippen LogP contribution in [0, 0.1) is 5.82 Å². The lowest BCUT2D eigenvalue weighted by Crippen LogP contribution is -2.40. The number of benzene rings is 1. The third kappa shape index (κ3) is 5.01. The molecule has 29 heavy (non-hydrogen) atoms. The summed E-state index contributed by atoms with van der Waals surface area (Å²) < 4.78 is 48.0. The number of hydrogen-bond acceptors (Lipinski definition) is 5. The number of morpholine rings is 1. The number of ether oxygens (including phenoxy) is 1. The van der Waals surface area contributed by atoms with Crippen molar-refractivity contribution in [3.8, 4) is 0 Å². The van der Waals surface area contributed by atoms with Crippen LogP contribution in [0.3, 0.4) is 0 Å². The molecular weight excluding hydrogens is 399 g/mol. The highest BCUT2D eigenvalue weighted by Crippen LogP contribution is 2.24. The van der Waals surface area contributed by atoms with Crippen molar-refractivity contribution in [2.75, 3.05) is 31.6 Å². The van der Waals surface area contributed by atoms with Gasteiger partial charge in [-0.15, -0.1) is 0 Å². The van der Waals surface area contributed by atoms with Crippen LogP contribution < -0.4 is 5.32 Å². The first-order chi connectivity index (χ1) is 13.8. The van der Waals surface area contributed by atoms with E-state index in [9.17, 15) is 17.6 Å². The highest BCUT2D eigenvalue weighted by Gasteiger charge is 2.29. The van der Waals surface area contributed by atoms with Crippen LogP contribution in [0.2, 0.25) is 0 Å². The minimum atomic E-state index is -4.00. The Morgan fingerprint density at radius 2 is 2.03 bits per heavy atom. The second-order valence-corrected chi connectivity index (χ2v) is 9.00. The minimum Gasteiger partial charge on any atom is -0.379 e. The fraction of sp³-hybridized carbons (Fsp3) is 0.474. The van der Waals surface area contributed by atoms with Gasteiger partial charge in [0.15, 0.2) is 0 Å². The number of anilines is 1. The molecule has 1 aromatic carbocycles. The van der Waals surface area contributed by atoms with Gasteiger partial charge in [0.2, 0.25) is 15.9 Å². The zero-order valence-electron chi connectivity index (χ0n) is 16.5. The van der Waals surface area contributed by atoms with Crippen LogP contribution in [0.15, 0.2) is 35.5 Å². The number of nitrogens with zero attached hydrogens (tertiary/aromatic N) is 3. The number of aryl methyl sites for hydroxylation is 1. The molecule has 0 bridgehead atoms. The fourth-order valence-electron chi connectivity index (χ4n) is 3.16. The van der Waals surface area contributed by atoms with Crippen molar-refractivity contribution < 1.29 is 22.3 Å². The third-order valence-corrected chi connectivity index (χ3v) is 6.56. The van der Waals surface area contributed by atoms with Crippen LogP contribution in [0.4, 0.5) is 10.1 Å². The average Bonchev–Trinajstić information content (AvgIpc) is 3.17. The molecule has 0 saturated carbocycles. The molecule has 8 nitrogen and oxygen atoms in total. The standard InChI is InChI=1S/C19H25FN4O4S/c1-14(2)19-21-6-8-23(19)7-5-18(25)22-15-3-4-16(20)17(13-15)29(26,27)24-9-11-28-12-10-24/h3-4,6,8,13-14H,5,7,9-12H2,1-2H3,(H,22,25). The highest BCUT2D eigenvalue weighted by molar-refractivity contribution is 7.89. The number of nitrogens with one attached hydrogen (secondary N) is 1. The van der Waals surface area contributed by atoms with Crippen LogP contribution in [0.25, 0.3) is 0 Å². The van der Waals surface area contributed by atoms with Crippen LogP contribution >= 0.6 is 0 Å². The topological polar surface area (TPSA) is 93.5 Å². The lowest BCUT2D eigenvalue weighted by atomic mass is 10.2. The molecule has 158 valence electrons. The molecule has 0 aliphatic carbocycles. The van der Waals surface area contributed by atoms with E-state index in [1.165, 1.54) is 10.4 Å². The largest absolute Gasteiger partial charge is 0.379 e. The summed E-state index contributed by atoms with van der Waals surface area (Å²) in [6.45, 7) is 5.36. The van der Waals surface area contributed by atoms with E-state index in [1.807, 2.05) is 24.6 Å². The molecule has 0 radical (unpaired) electrons. The Kier molecular flexibility index (Phi) is 6.66. The van der Waals surface area contributed by atoms with Crippen molar-refractivity contribution in [1.82, 2.24) is 13.9 Å². The van der Waals surface area contributed by atoms with E-state index in [2.05, 4.69) is 10.3 Å².